The van der Waals surface area contributed by atoms with E-state index in [1.54, 1.807) is 0 Å². The molecule has 0 aliphatic carbocycles. The van der Waals surface area contributed by atoms with Crippen molar-refractivity contribution in [2.45, 2.75) is 187 Å². The van der Waals surface area contributed by atoms with Gasteiger partial charge in [0.05, 0.1) is 11.1 Å². The van der Waals surface area contributed by atoms with Crippen LogP contribution >= 0.6 is 23.2 Å². The molecule has 0 bridgehead atoms. The Morgan fingerprint density at radius 2 is 0.755 bits per heavy atom. The average Bonchev–Trinajstić information content (AvgIpc) is 3.13. The third-order valence-electron chi connectivity index (χ3n) is 10.3. The summed E-state index contributed by atoms with van der Waals surface area (Å²) in [5, 5.41) is 43.1. The molecule has 2 rings (SSSR count). The summed E-state index contributed by atoms with van der Waals surface area (Å²) in [6, 6.07) is 5.18. The van der Waals surface area contributed by atoms with E-state index in [9.17, 15) is 30.0 Å². The van der Waals surface area contributed by atoms with Gasteiger partial charge >= 0.3 is 11.9 Å². The zero-order valence-corrected chi connectivity index (χ0v) is 34.0. The lowest BCUT2D eigenvalue weighted by Gasteiger charge is -2.19. The third-order valence-corrected chi connectivity index (χ3v) is 10.9. The maximum atomic E-state index is 12.3. The molecule has 0 heterocycles. The van der Waals surface area contributed by atoms with Crippen molar-refractivity contribution in [1.82, 2.24) is 0 Å². The highest BCUT2D eigenvalue weighted by Crippen LogP contribution is 2.36. The molecule has 298 valence electrons. The molecule has 0 aromatic heterocycles. The van der Waals surface area contributed by atoms with Crippen molar-refractivity contribution < 1.29 is 30.0 Å². The number of carbonyl (C=O) groups is 2. The van der Waals surface area contributed by atoms with Gasteiger partial charge in [0.15, 0.2) is 0 Å². The first-order valence-electron chi connectivity index (χ1n) is 20.9. The lowest BCUT2D eigenvalue weighted by Crippen LogP contribution is -2.07. The first-order chi connectivity index (χ1) is 25.7. The molecule has 0 saturated carbocycles. The average molecular weight is 774 g/mol. The summed E-state index contributed by atoms with van der Waals surface area (Å²) in [6.07, 6.45) is 38.6. The predicted molar refractivity (Wildman–Crippen MR) is 218 cm³/mol. The number of carboxylic acid groups (broad SMARTS) is 2. The molecule has 0 aliphatic rings. The minimum atomic E-state index is -1.41. The largest absolute Gasteiger partial charge is 0.871 e. The van der Waals surface area contributed by atoms with Crippen LogP contribution in [0.25, 0.3) is 5.57 Å². The predicted octanol–water partition coefficient (Wildman–Crippen LogP) is 13.9. The van der Waals surface area contributed by atoms with Gasteiger partial charge in [-0.1, -0.05) is 215 Å². The molecule has 0 amide bonds. The summed E-state index contributed by atoms with van der Waals surface area (Å²) in [6.45, 7) is 2.28. The van der Waals surface area contributed by atoms with Gasteiger partial charge in [0.2, 0.25) is 0 Å². The second-order valence-electron chi connectivity index (χ2n) is 14.9. The summed E-state index contributed by atoms with van der Waals surface area (Å²) in [7, 11) is 0. The molecule has 0 fully saturated rings. The molecule has 53 heavy (non-hydrogen) atoms. The van der Waals surface area contributed by atoms with Crippen LogP contribution in [-0.2, 0) is 0 Å². The summed E-state index contributed by atoms with van der Waals surface area (Å²) >= 11 is 12.2. The Morgan fingerprint density at radius 3 is 1.02 bits per heavy atom. The van der Waals surface area contributed by atoms with Gasteiger partial charge in [-0.25, -0.2) is 9.59 Å². The monoisotopic (exact) mass is 772 g/mol. The zero-order chi connectivity index (χ0) is 38.7. The second kappa shape index (κ2) is 28.7. The number of rotatable bonds is 32. The quantitative estimate of drug-likeness (QED) is 0.0714. The number of benzene rings is 2. The molecule has 0 spiro atoms. The minimum Gasteiger partial charge on any atom is -0.871 e. The molecule has 0 saturated heterocycles. The number of halogens is 2. The van der Waals surface area contributed by atoms with Crippen LogP contribution in [0, 0.1) is 0 Å². The van der Waals surface area contributed by atoms with Gasteiger partial charge < -0.3 is 20.4 Å². The van der Waals surface area contributed by atoms with Crippen LogP contribution in [0.4, 0.5) is 0 Å². The lowest BCUT2D eigenvalue weighted by molar-refractivity contribution is -0.269. The van der Waals surface area contributed by atoms with Crippen LogP contribution in [0.1, 0.15) is 219 Å². The van der Waals surface area contributed by atoms with E-state index in [-0.39, 0.29) is 10.0 Å². The number of unbranched alkanes of at least 4 members (excludes halogenated alkanes) is 27. The van der Waals surface area contributed by atoms with Crippen LogP contribution in [0.3, 0.4) is 0 Å². The molecule has 6 nitrogen and oxygen atoms in total. The van der Waals surface area contributed by atoms with E-state index in [4.69, 9.17) is 23.2 Å². The van der Waals surface area contributed by atoms with E-state index in [0.717, 1.165) is 19.3 Å². The molecular formula is C45H66Cl2O6-2. The van der Waals surface area contributed by atoms with Crippen LogP contribution in [0.15, 0.2) is 30.3 Å². The van der Waals surface area contributed by atoms with Gasteiger partial charge in [-0.15, -0.1) is 0 Å². The van der Waals surface area contributed by atoms with Crippen molar-refractivity contribution in [3.8, 4) is 11.5 Å². The standard InChI is InChI=1S/C45H68Cl2O6/c1-2-3-4-5-6-7-8-9-10-11-12-13-14-15-16-17-18-19-20-21-22-23-24-25-26-27-28-29-30-37(35-31-38(44(50)51)42(48)40(46)33-35)36-32-39(45(52)53)43(49)41(47)34-36/h30-34,48-49H,2-29H2,1H3,(H,50,51)(H,52,53)/p-2. The summed E-state index contributed by atoms with van der Waals surface area (Å²) in [4.78, 5) is 23.4. The van der Waals surface area contributed by atoms with Gasteiger partial charge in [0, 0.05) is 10.0 Å². The highest BCUT2D eigenvalue weighted by molar-refractivity contribution is 6.33. The van der Waals surface area contributed by atoms with Crippen molar-refractivity contribution in [2.24, 2.45) is 0 Å². The fraction of sp³-hybridized carbons (Fsp3) is 0.644. The molecular weight excluding hydrogens is 707 g/mol. The number of hydrogen-bond donors (Lipinski definition) is 2. The molecule has 2 aromatic carbocycles. The van der Waals surface area contributed by atoms with Gasteiger partial charge in [-0.2, -0.15) is 0 Å². The maximum Gasteiger partial charge on any atom is 0.335 e. The van der Waals surface area contributed by atoms with Crippen LogP contribution in [0.2, 0.25) is 10.0 Å². The number of aromatic carboxylic acids is 2. The normalized spacial score (nSPS) is 11.2. The summed E-state index contributed by atoms with van der Waals surface area (Å²) in [5.74, 6) is -4.43. The van der Waals surface area contributed by atoms with Crippen molar-refractivity contribution in [1.29, 1.82) is 0 Å². The van der Waals surface area contributed by atoms with Gasteiger partial charge in [0.25, 0.3) is 0 Å². The molecule has 0 atom stereocenters. The third kappa shape index (κ3) is 19.5. The van der Waals surface area contributed by atoms with Crippen molar-refractivity contribution in [2.75, 3.05) is 0 Å². The van der Waals surface area contributed by atoms with E-state index in [1.807, 2.05) is 6.08 Å². The first kappa shape index (κ1) is 46.5. The number of hydrogen-bond acceptors (Lipinski definition) is 4. The van der Waals surface area contributed by atoms with E-state index in [0.29, 0.717) is 23.1 Å². The molecule has 2 N–H and O–H groups in total. The Balaban J connectivity index is 1.56. The van der Waals surface area contributed by atoms with Crippen LogP contribution < -0.4 is 10.2 Å². The summed E-state index contributed by atoms with van der Waals surface area (Å²) in [5.41, 5.74) is 0.164. The van der Waals surface area contributed by atoms with Crippen molar-refractivity contribution in [3.05, 3.63) is 62.6 Å². The number of allylic oxidation sites excluding steroid dienone is 1. The van der Waals surface area contributed by atoms with E-state index in [2.05, 4.69) is 6.92 Å². The first-order valence-corrected chi connectivity index (χ1v) is 21.6. The van der Waals surface area contributed by atoms with Crippen LogP contribution in [0.5, 0.6) is 11.5 Å². The zero-order valence-electron chi connectivity index (χ0n) is 32.5. The van der Waals surface area contributed by atoms with Crippen molar-refractivity contribution >= 4 is 40.7 Å². The second-order valence-corrected chi connectivity index (χ2v) is 15.7. The van der Waals surface area contributed by atoms with Gasteiger partial charge in [0.1, 0.15) is 0 Å². The maximum absolute atomic E-state index is 12.3. The van der Waals surface area contributed by atoms with E-state index in [1.165, 1.54) is 178 Å². The van der Waals surface area contributed by atoms with Crippen molar-refractivity contribution in [3.63, 3.8) is 0 Å². The van der Waals surface area contributed by atoms with Gasteiger partial charge in [-0.05, 0) is 53.8 Å². The molecule has 8 heteroatoms. The minimum absolute atomic E-state index is 0.258. The highest BCUT2D eigenvalue weighted by atomic mass is 35.5. The topological polar surface area (TPSA) is 121 Å². The van der Waals surface area contributed by atoms with E-state index >= 15 is 0 Å². The van der Waals surface area contributed by atoms with E-state index < -0.39 is 34.6 Å². The molecule has 0 unspecified atom stereocenters. The SMILES string of the molecule is CCCCCCCCCCCCCCCCCCCCCCCCCCCCCC=C(c1cc(Cl)c([O-])c(C(=O)O)c1)c1cc(Cl)c([O-])c(C(=O)O)c1. The smallest absolute Gasteiger partial charge is 0.335 e. The fourth-order valence-electron chi connectivity index (χ4n) is 7.10. The molecule has 0 radical (unpaired) electrons. The van der Waals surface area contributed by atoms with Gasteiger partial charge in [-0.3, -0.25) is 0 Å². The Labute approximate surface area is 330 Å². The summed E-state index contributed by atoms with van der Waals surface area (Å²) < 4.78 is 0. The molecule has 2 aromatic rings. The Bertz CT molecular complexity index is 1300. The fourth-order valence-corrected chi connectivity index (χ4v) is 7.54. The lowest BCUT2D eigenvalue weighted by atomic mass is 9.93. The molecule has 0 aliphatic heterocycles. The van der Waals surface area contributed by atoms with Crippen LogP contribution in [-0.4, -0.2) is 22.2 Å². The highest BCUT2D eigenvalue weighted by Gasteiger charge is 2.16. The number of carboxylic acids is 2. The Hall–Kier alpha value is -2.70. The Kier molecular flexibility index (Phi) is 25.2. The Morgan fingerprint density at radius 1 is 0.491 bits per heavy atom.